The minimum atomic E-state index is -1.02. The van der Waals surface area contributed by atoms with Gasteiger partial charge in [-0.25, -0.2) is 4.79 Å². The Bertz CT molecular complexity index is 734. The topological polar surface area (TPSA) is 76.2 Å². The van der Waals surface area contributed by atoms with Crippen molar-refractivity contribution in [3.05, 3.63) is 58.1 Å². The summed E-state index contributed by atoms with van der Waals surface area (Å²) >= 11 is 1.60. The van der Waals surface area contributed by atoms with E-state index >= 15 is 0 Å². The van der Waals surface area contributed by atoms with Crippen molar-refractivity contribution in [3.63, 3.8) is 0 Å². The molecular formula is C14H10N2O3S. The molecule has 0 unspecified atom stereocenters. The zero-order valence-electron chi connectivity index (χ0n) is 10.3. The van der Waals surface area contributed by atoms with Crippen molar-refractivity contribution in [3.8, 4) is 11.5 Å². The zero-order chi connectivity index (χ0) is 13.9. The molecule has 0 atom stereocenters. The second kappa shape index (κ2) is 5.26. The van der Waals surface area contributed by atoms with Gasteiger partial charge in [-0.15, -0.1) is 10.2 Å². The molecule has 0 fully saturated rings. The first-order chi connectivity index (χ1) is 9.74. The molecule has 6 heteroatoms. The number of nitrogens with zero attached hydrogens (tertiary/aromatic N) is 2. The van der Waals surface area contributed by atoms with Crippen molar-refractivity contribution < 1.29 is 14.3 Å². The second-order valence-corrected chi connectivity index (χ2v) is 4.94. The van der Waals surface area contributed by atoms with Gasteiger partial charge in [-0.3, -0.25) is 0 Å². The Labute approximate surface area is 118 Å². The van der Waals surface area contributed by atoms with E-state index in [2.05, 4.69) is 10.2 Å². The molecule has 0 bridgehead atoms. The molecule has 0 saturated carbocycles. The van der Waals surface area contributed by atoms with E-state index in [0.717, 1.165) is 5.56 Å². The van der Waals surface area contributed by atoms with Gasteiger partial charge in [-0.1, -0.05) is 12.1 Å². The Balaban J connectivity index is 1.92. The minimum absolute atomic E-state index is 0.151. The fourth-order valence-electron chi connectivity index (χ4n) is 1.86. The molecule has 2 heterocycles. The van der Waals surface area contributed by atoms with Gasteiger partial charge in [-0.05, 0) is 34.5 Å². The van der Waals surface area contributed by atoms with Crippen LogP contribution < -0.4 is 0 Å². The van der Waals surface area contributed by atoms with Gasteiger partial charge in [0.1, 0.15) is 0 Å². The van der Waals surface area contributed by atoms with Crippen molar-refractivity contribution in [2.45, 2.75) is 6.42 Å². The molecule has 0 aliphatic carbocycles. The highest BCUT2D eigenvalue weighted by Gasteiger charge is 2.16. The van der Waals surface area contributed by atoms with Crippen LogP contribution in [0.25, 0.3) is 11.5 Å². The number of aromatic nitrogens is 2. The van der Waals surface area contributed by atoms with Crippen molar-refractivity contribution in [1.82, 2.24) is 10.2 Å². The quantitative estimate of drug-likeness (QED) is 0.797. The zero-order valence-corrected chi connectivity index (χ0v) is 11.1. The van der Waals surface area contributed by atoms with Crippen LogP contribution in [0.3, 0.4) is 0 Å². The molecule has 20 heavy (non-hydrogen) atoms. The summed E-state index contributed by atoms with van der Waals surface area (Å²) in [6, 6.07) is 8.56. The summed E-state index contributed by atoms with van der Waals surface area (Å²) in [6.07, 6.45) is 0.547. The number of aromatic carboxylic acids is 1. The van der Waals surface area contributed by atoms with Gasteiger partial charge in [-0.2, -0.15) is 11.3 Å². The summed E-state index contributed by atoms with van der Waals surface area (Å²) in [7, 11) is 0. The predicted molar refractivity (Wildman–Crippen MR) is 73.8 cm³/mol. The van der Waals surface area contributed by atoms with E-state index in [4.69, 9.17) is 9.52 Å². The molecule has 0 amide bonds. The normalized spacial score (nSPS) is 10.6. The molecule has 0 spiro atoms. The molecule has 0 aliphatic heterocycles. The van der Waals surface area contributed by atoms with Gasteiger partial charge in [0.15, 0.2) is 0 Å². The van der Waals surface area contributed by atoms with Crippen LogP contribution in [0.1, 0.15) is 21.8 Å². The van der Waals surface area contributed by atoms with E-state index in [-0.39, 0.29) is 11.5 Å². The van der Waals surface area contributed by atoms with Crippen LogP contribution in [0.4, 0.5) is 0 Å². The highest BCUT2D eigenvalue weighted by atomic mass is 32.1. The number of thiophene rings is 1. The van der Waals surface area contributed by atoms with Crippen molar-refractivity contribution in [2.75, 3.05) is 0 Å². The van der Waals surface area contributed by atoms with Crippen LogP contribution in [-0.4, -0.2) is 21.3 Å². The van der Waals surface area contributed by atoms with Gasteiger partial charge in [0.05, 0.1) is 17.5 Å². The maximum atomic E-state index is 11.2. The van der Waals surface area contributed by atoms with Crippen LogP contribution in [0.15, 0.2) is 45.5 Å². The highest BCUT2D eigenvalue weighted by Crippen LogP contribution is 2.23. The van der Waals surface area contributed by atoms with Gasteiger partial charge < -0.3 is 9.52 Å². The van der Waals surface area contributed by atoms with E-state index in [1.807, 2.05) is 16.8 Å². The van der Waals surface area contributed by atoms with Gasteiger partial charge in [0.2, 0.25) is 11.8 Å². The first kappa shape index (κ1) is 12.6. The molecule has 2 aromatic heterocycles. The molecule has 5 nitrogen and oxygen atoms in total. The third-order valence-electron chi connectivity index (χ3n) is 2.79. The Hall–Kier alpha value is -2.47. The summed E-state index contributed by atoms with van der Waals surface area (Å²) < 4.78 is 5.55. The standard InChI is InChI=1S/C14H10N2O3S/c17-14(18)11-4-2-1-3-10(11)13-16-15-12(19-13)7-9-5-6-20-8-9/h1-6,8H,7H2,(H,17,18). The van der Waals surface area contributed by atoms with E-state index in [1.54, 1.807) is 29.5 Å². The number of carboxylic acid groups (broad SMARTS) is 1. The lowest BCUT2D eigenvalue weighted by molar-refractivity contribution is 0.0697. The van der Waals surface area contributed by atoms with Crippen molar-refractivity contribution in [1.29, 1.82) is 0 Å². The van der Waals surface area contributed by atoms with Gasteiger partial charge >= 0.3 is 5.97 Å². The molecule has 1 aromatic carbocycles. The smallest absolute Gasteiger partial charge is 0.336 e. The number of hydrogen-bond donors (Lipinski definition) is 1. The first-order valence-electron chi connectivity index (χ1n) is 5.90. The largest absolute Gasteiger partial charge is 0.478 e. The molecule has 100 valence electrons. The van der Waals surface area contributed by atoms with Crippen LogP contribution in [0.5, 0.6) is 0 Å². The Morgan fingerprint density at radius 3 is 2.85 bits per heavy atom. The molecular weight excluding hydrogens is 276 g/mol. The van der Waals surface area contributed by atoms with Crippen molar-refractivity contribution in [2.24, 2.45) is 0 Å². The van der Waals surface area contributed by atoms with Crippen LogP contribution in [0, 0.1) is 0 Å². The van der Waals surface area contributed by atoms with Crippen LogP contribution in [0.2, 0.25) is 0 Å². The summed E-state index contributed by atoms with van der Waals surface area (Å²) in [4.78, 5) is 11.2. The van der Waals surface area contributed by atoms with Gasteiger partial charge in [0.25, 0.3) is 0 Å². The van der Waals surface area contributed by atoms with Crippen molar-refractivity contribution >= 4 is 17.3 Å². The summed E-state index contributed by atoms with van der Waals surface area (Å²) in [5.74, 6) is -0.315. The van der Waals surface area contributed by atoms with E-state index in [1.165, 1.54) is 6.07 Å². The number of carboxylic acids is 1. The maximum Gasteiger partial charge on any atom is 0.336 e. The maximum absolute atomic E-state index is 11.2. The molecule has 3 rings (SSSR count). The van der Waals surface area contributed by atoms with E-state index < -0.39 is 5.97 Å². The van der Waals surface area contributed by atoms with E-state index in [9.17, 15) is 4.79 Å². The second-order valence-electron chi connectivity index (χ2n) is 4.16. The van der Waals surface area contributed by atoms with Crippen LogP contribution in [-0.2, 0) is 6.42 Å². The third kappa shape index (κ3) is 2.46. The Kier molecular flexibility index (Phi) is 3.30. The fraction of sp³-hybridized carbons (Fsp3) is 0.0714. The average Bonchev–Trinajstić information content (AvgIpc) is 3.11. The number of rotatable bonds is 4. The number of hydrogen-bond acceptors (Lipinski definition) is 5. The average molecular weight is 286 g/mol. The SMILES string of the molecule is O=C(O)c1ccccc1-c1nnc(Cc2ccsc2)o1. The van der Waals surface area contributed by atoms with E-state index in [0.29, 0.717) is 17.9 Å². The molecule has 0 aliphatic rings. The Morgan fingerprint density at radius 1 is 1.25 bits per heavy atom. The number of benzene rings is 1. The fourth-order valence-corrected chi connectivity index (χ4v) is 2.53. The molecule has 0 saturated heterocycles. The third-order valence-corrected chi connectivity index (χ3v) is 3.52. The summed E-state index contributed by atoms with van der Waals surface area (Å²) in [5, 5.41) is 21.0. The molecule has 0 radical (unpaired) electrons. The predicted octanol–water partition coefficient (Wildman–Crippen LogP) is 3.09. The number of carbonyl (C=O) groups is 1. The highest BCUT2D eigenvalue weighted by molar-refractivity contribution is 7.07. The Morgan fingerprint density at radius 2 is 2.10 bits per heavy atom. The lowest BCUT2D eigenvalue weighted by Crippen LogP contribution is -1.99. The lowest BCUT2D eigenvalue weighted by atomic mass is 10.1. The van der Waals surface area contributed by atoms with Gasteiger partial charge in [0, 0.05) is 0 Å². The molecule has 3 aromatic rings. The monoisotopic (exact) mass is 286 g/mol. The summed E-state index contributed by atoms with van der Waals surface area (Å²) in [6.45, 7) is 0. The molecule has 1 N–H and O–H groups in total. The minimum Gasteiger partial charge on any atom is -0.478 e. The lowest BCUT2D eigenvalue weighted by Gasteiger charge is -2.00. The first-order valence-corrected chi connectivity index (χ1v) is 6.84. The summed E-state index contributed by atoms with van der Waals surface area (Å²) in [5.41, 5.74) is 1.68. The van der Waals surface area contributed by atoms with Crippen LogP contribution >= 0.6 is 11.3 Å².